The Kier molecular flexibility index (Phi) is 6.59. The molecule has 2 aromatic carbocycles. The highest BCUT2D eigenvalue weighted by molar-refractivity contribution is 6.02. The molecule has 0 aliphatic rings. The summed E-state index contributed by atoms with van der Waals surface area (Å²) < 4.78 is 21.6. The molecule has 0 unspecified atom stereocenters. The van der Waals surface area contributed by atoms with Crippen LogP contribution >= 0.6 is 0 Å². The Labute approximate surface area is 174 Å². The van der Waals surface area contributed by atoms with E-state index in [1.54, 1.807) is 31.5 Å². The highest BCUT2D eigenvalue weighted by atomic mass is 16.5. The smallest absolute Gasteiger partial charge is 0.287 e. The van der Waals surface area contributed by atoms with Crippen LogP contribution in [0.2, 0.25) is 0 Å². The molecule has 0 fully saturated rings. The number of hydrogen-bond donors (Lipinski definition) is 2. The highest BCUT2D eigenvalue weighted by Gasteiger charge is 2.19. The van der Waals surface area contributed by atoms with Crippen molar-refractivity contribution in [2.75, 3.05) is 27.9 Å². The zero-order chi connectivity index (χ0) is 21.5. The van der Waals surface area contributed by atoms with Crippen molar-refractivity contribution in [2.24, 2.45) is 5.10 Å². The minimum absolute atomic E-state index is 0.306. The standard InChI is InChI=1S/C22H23N3O5/c1-5-10-30-15-8-6-14(7-9-15)13-23-25-22(26)17-11-16-18(27-2)12-19(28-3)21(29-4)20(16)24-17/h5-9,11-13,24H,1,10H2,2-4H3,(H,25,26)/b23-13-. The molecule has 0 aliphatic carbocycles. The monoisotopic (exact) mass is 409 g/mol. The van der Waals surface area contributed by atoms with E-state index in [2.05, 4.69) is 22.1 Å². The van der Waals surface area contributed by atoms with Crippen LogP contribution in [0.3, 0.4) is 0 Å². The van der Waals surface area contributed by atoms with Gasteiger partial charge in [-0.2, -0.15) is 5.10 Å². The highest BCUT2D eigenvalue weighted by Crippen LogP contribution is 2.41. The Balaban J connectivity index is 1.76. The number of hydrazone groups is 1. The third kappa shape index (κ3) is 4.38. The van der Waals surface area contributed by atoms with Gasteiger partial charge in [0.05, 0.1) is 33.1 Å². The van der Waals surface area contributed by atoms with Gasteiger partial charge in [-0.3, -0.25) is 4.79 Å². The molecule has 1 aromatic heterocycles. The minimum atomic E-state index is -0.406. The van der Waals surface area contributed by atoms with Crippen LogP contribution in [0.25, 0.3) is 10.9 Å². The summed E-state index contributed by atoms with van der Waals surface area (Å²) in [4.78, 5) is 15.6. The molecule has 2 N–H and O–H groups in total. The van der Waals surface area contributed by atoms with E-state index in [1.165, 1.54) is 14.2 Å². The third-order valence-corrected chi connectivity index (χ3v) is 4.31. The molecule has 0 aliphatic heterocycles. The molecule has 1 heterocycles. The van der Waals surface area contributed by atoms with Crippen molar-refractivity contribution >= 4 is 23.0 Å². The van der Waals surface area contributed by atoms with Crippen LogP contribution < -0.4 is 24.4 Å². The van der Waals surface area contributed by atoms with Crippen LogP contribution in [-0.2, 0) is 0 Å². The first-order valence-corrected chi connectivity index (χ1v) is 9.10. The zero-order valence-corrected chi connectivity index (χ0v) is 17.0. The van der Waals surface area contributed by atoms with Crippen LogP contribution in [0.5, 0.6) is 23.0 Å². The maximum atomic E-state index is 12.5. The first-order valence-electron chi connectivity index (χ1n) is 9.10. The summed E-state index contributed by atoms with van der Waals surface area (Å²) in [7, 11) is 4.61. The lowest BCUT2D eigenvalue weighted by atomic mass is 10.2. The maximum Gasteiger partial charge on any atom is 0.287 e. The van der Waals surface area contributed by atoms with Crippen molar-refractivity contribution < 1.29 is 23.7 Å². The van der Waals surface area contributed by atoms with Crippen molar-refractivity contribution in [1.29, 1.82) is 0 Å². The Morgan fingerprint density at radius 1 is 1.10 bits per heavy atom. The average Bonchev–Trinajstić information content (AvgIpc) is 3.22. The fourth-order valence-corrected chi connectivity index (χ4v) is 2.89. The zero-order valence-electron chi connectivity index (χ0n) is 17.0. The Morgan fingerprint density at radius 3 is 2.47 bits per heavy atom. The fourth-order valence-electron chi connectivity index (χ4n) is 2.89. The molecule has 0 saturated carbocycles. The van der Waals surface area contributed by atoms with Gasteiger partial charge in [-0.05, 0) is 35.9 Å². The van der Waals surface area contributed by atoms with Gasteiger partial charge in [-0.25, -0.2) is 5.43 Å². The number of nitrogens with zero attached hydrogens (tertiary/aromatic N) is 1. The fraction of sp³-hybridized carbons (Fsp3) is 0.182. The van der Waals surface area contributed by atoms with Gasteiger partial charge in [-0.1, -0.05) is 12.7 Å². The first kappa shape index (κ1) is 20.8. The Bertz CT molecular complexity index is 1070. The number of fused-ring (bicyclic) bond motifs is 1. The van der Waals surface area contributed by atoms with Crippen molar-refractivity contribution in [3.63, 3.8) is 0 Å². The quantitative estimate of drug-likeness (QED) is 0.320. The second kappa shape index (κ2) is 9.51. The number of methoxy groups -OCH3 is 3. The number of amides is 1. The van der Waals surface area contributed by atoms with Crippen LogP contribution in [0.4, 0.5) is 0 Å². The van der Waals surface area contributed by atoms with Crippen LogP contribution in [0.15, 0.2) is 54.2 Å². The number of hydrogen-bond acceptors (Lipinski definition) is 6. The van der Waals surface area contributed by atoms with Crippen LogP contribution in [-0.4, -0.2) is 45.0 Å². The molecule has 0 spiro atoms. The summed E-state index contributed by atoms with van der Waals surface area (Å²) in [6, 6.07) is 10.7. The van der Waals surface area contributed by atoms with E-state index in [-0.39, 0.29) is 0 Å². The van der Waals surface area contributed by atoms with Crippen LogP contribution in [0, 0.1) is 0 Å². The largest absolute Gasteiger partial charge is 0.496 e. The van der Waals surface area contributed by atoms with Gasteiger partial charge in [0.15, 0.2) is 11.5 Å². The molecule has 0 atom stereocenters. The molecule has 8 nitrogen and oxygen atoms in total. The van der Waals surface area contributed by atoms with Crippen molar-refractivity contribution in [3.05, 3.63) is 60.3 Å². The Morgan fingerprint density at radius 2 is 1.83 bits per heavy atom. The number of nitrogens with one attached hydrogen (secondary N) is 2. The maximum absolute atomic E-state index is 12.5. The molecule has 1 amide bonds. The molecule has 3 rings (SSSR count). The van der Waals surface area contributed by atoms with Gasteiger partial charge in [-0.15, -0.1) is 0 Å². The lowest BCUT2D eigenvalue weighted by Crippen LogP contribution is -2.17. The number of carbonyl (C=O) groups is 1. The predicted octanol–water partition coefficient (Wildman–Crippen LogP) is 3.52. The number of rotatable bonds is 9. The second-order valence-electron chi connectivity index (χ2n) is 6.15. The minimum Gasteiger partial charge on any atom is -0.496 e. The van der Waals surface area contributed by atoms with E-state index in [0.717, 1.165) is 11.3 Å². The Hall–Kier alpha value is -3.94. The van der Waals surface area contributed by atoms with Gasteiger partial charge in [0.2, 0.25) is 0 Å². The molecule has 156 valence electrons. The predicted molar refractivity (Wildman–Crippen MR) is 115 cm³/mol. The summed E-state index contributed by atoms with van der Waals surface area (Å²) in [5.74, 6) is 1.85. The van der Waals surface area contributed by atoms with E-state index in [9.17, 15) is 4.79 Å². The van der Waals surface area contributed by atoms with E-state index in [1.807, 2.05) is 24.3 Å². The number of ether oxygens (including phenoxy) is 4. The number of aromatic amines is 1. The summed E-state index contributed by atoms with van der Waals surface area (Å²) in [5, 5.41) is 4.70. The van der Waals surface area contributed by atoms with Gasteiger partial charge >= 0.3 is 0 Å². The molecular formula is C22H23N3O5. The SMILES string of the molecule is C=CCOc1ccc(/C=N\NC(=O)c2cc3c(OC)cc(OC)c(OC)c3[nH]2)cc1. The molecular weight excluding hydrogens is 386 g/mol. The summed E-state index contributed by atoms with van der Waals surface area (Å²) in [5.41, 5.74) is 4.21. The molecule has 8 heteroatoms. The van der Waals surface area contributed by atoms with E-state index >= 15 is 0 Å². The lowest BCUT2D eigenvalue weighted by molar-refractivity contribution is 0.0951. The topological polar surface area (TPSA) is 94.2 Å². The van der Waals surface area contributed by atoms with Gasteiger partial charge in [0.25, 0.3) is 5.91 Å². The third-order valence-electron chi connectivity index (χ3n) is 4.31. The van der Waals surface area contributed by atoms with Crippen molar-refractivity contribution in [1.82, 2.24) is 10.4 Å². The summed E-state index contributed by atoms with van der Waals surface area (Å²) in [6.45, 7) is 4.05. The molecule has 0 bridgehead atoms. The molecule has 0 radical (unpaired) electrons. The van der Waals surface area contributed by atoms with Crippen molar-refractivity contribution in [2.45, 2.75) is 0 Å². The van der Waals surface area contributed by atoms with Crippen molar-refractivity contribution in [3.8, 4) is 23.0 Å². The van der Waals surface area contributed by atoms with Gasteiger partial charge in [0, 0.05) is 11.5 Å². The van der Waals surface area contributed by atoms with E-state index < -0.39 is 5.91 Å². The van der Waals surface area contributed by atoms with Gasteiger partial charge < -0.3 is 23.9 Å². The van der Waals surface area contributed by atoms with Gasteiger partial charge in [0.1, 0.15) is 23.8 Å². The average molecular weight is 409 g/mol. The number of H-pyrrole nitrogens is 1. The molecule has 3 aromatic rings. The molecule has 0 saturated heterocycles. The summed E-state index contributed by atoms with van der Waals surface area (Å²) >= 11 is 0. The number of aromatic nitrogens is 1. The lowest BCUT2D eigenvalue weighted by Gasteiger charge is -2.11. The number of benzene rings is 2. The summed E-state index contributed by atoms with van der Waals surface area (Å²) in [6.07, 6.45) is 3.22. The first-order chi connectivity index (χ1) is 14.6. The normalized spacial score (nSPS) is 10.8. The number of carbonyl (C=O) groups excluding carboxylic acids is 1. The van der Waals surface area contributed by atoms with E-state index in [4.69, 9.17) is 18.9 Å². The molecule has 30 heavy (non-hydrogen) atoms. The second-order valence-corrected chi connectivity index (χ2v) is 6.15. The van der Waals surface area contributed by atoms with E-state index in [0.29, 0.717) is 40.5 Å². The van der Waals surface area contributed by atoms with Crippen LogP contribution in [0.1, 0.15) is 16.1 Å².